The van der Waals surface area contributed by atoms with Crippen molar-refractivity contribution in [2.24, 2.45) is 0 Å². The molecule has 1 aliphatic rings. The van der Waals surface area contributed by atoms with Gasteiger partial charge in [0.1, 0.15) is 5.75 Å². The van der Waals surface area contributed by atoms with Crippen LogP contribution in [0.4, 0.5) is 5.69 Å². The Morgan fingerprint density at radius 3 is 2.51 bits per heavy atom. The Morgan fingerprint density at radius 1 is 1.02 bits per heavy atom. The molecule has 1 aliphatic heterocycles. The van der Waals surface area contributed by atoms with E-state index in [9.17, 15) is 13.2 Å². The summed E-state index contributed by atoms with van der Waals surface area (Å²) in [5.74, 6) is 0.944. The zero-order chi connectivity index (χ0) is 28.8. The molecule has 1 N–H and O–H groups in total. The largest absolute Gasteiger partial charge is 0.492 e. The van der Waals surface area contributed by atoms with Gasteiger partial charge in [-0.05, 0) is 55.8 Å². The molecule has 214 valence electrons. The fourth-order valence-corrected chi connectivity index (χ4v) is 6.64. The van der Waals surface area contributed by atoms with E-state index in [1.807, 2.05) is 60.9 Å². The first kappa shape index (κ1) is 28.8. The molecule has 10 nitrogen and oxygen atoms in total. The molecule has 1 amide bonds. The molecule has 0 saturated carbocycles. The number of aromatic nitrogens is 3. The second-order valence-electron chi connectivity index (χ2n) is 9.24. The number of ether oxygens (including phenoxy) is 2. The molecule has 1 saturated heterocycles. The van der Waals surface area contributed by atoms with Crippen LogP contribution < -0.4 is 10.1 Å². The molecule has 0 atom stereocenters. The van der Waals surface area contributed by atoms with E-state index in [4.69, 9.17) is 9.47 Å². The molecule has 2 heterocycles. The Morgan fingerprint density at radius 2 is 1.76 bits per heavy atom. The second-order valence-corrected chi connectivity index (χ2v) is 12.1. The van der Waals surface area contributed by atoms with E-state index in [1.54, 1.807) is 30.3 Å². The molecule has 5 rings (SSSR count). The van der Waals surface area contributed by atoms with Gasteiger partial charge in [-0.2, -0.15) is 4.31 Å². The minimum absolute atomic E-state index is 0.0792. The molecule has 12 heteroatoms. The predicted molar refractivity (Wildman–Crippen MR) is 158 cm³/mol. The van der Waals surface area contributed by atoms with Crippen molar-refractivity contribution in [3.8, 4) is 22.8 Å². The number of nitrogens with zero attached hydrogens (tertiary/aromatic N) is 4. The third-order valence-corrected chi connectivity index (χ3v) is 9.32. The van der Waals surface area contributed by atoms with Crippen molar-refractivity contribution in [1.82, 2.24) is 19.1 Å². The number of benzene rings is 3. The van der Waals surface area contributed by atoms with Crippen LogP contribution in [0.1, 0.15) is 12.5 Å². The van der Waals surface area contributed by atoms with Gasteiger partial charge in [0.25, 0.3) is 0 Å². The van der Waals surface area contributed by atoms with Gasteiger partial charge in [0.2, 0.25) is 15.9 Å². The molecule has 3 aromatic carbocycles. The van der Waals surface area contributed by atoms with Crippen LogP contribution in [0.2, 0.25) is 0 Å². The molecular weight excluding hydrogens is 562 g/mol. The number of para-hydroxylation sites is 3. The minimum Gasteiger partial charge on any atom is -0.492 e. The van der Waals surface area contributed by atoms with Gasteiger partial charge >= 0.3 is 0 Å². The van der Waals surface area contributed by atoms with Gasteiger partial charge in [0, 0.05) is 24.3 Å². The molecule has 0 radical (unpaired) electrons. The maximum absolute atomic E-state index is 13.4. The van der Waals surface area contributed by atoms with Crippen molar-refractivity contribution in [2.45, 2.75) is 23.9 Å². The van der Waals surface area contributed by atoms with E-state index in [-0.39, 0.29) is 16.6 Å². The highest BCUT2D eigenvalue weighted by Gasteiger charge is 2.28. The standard InChI is InChI=1S/C29H31N5O5S2/c1-3-39-26-12-8-7-11-25(26)30-27(35)20-40-29-32-31-28(34(29)22-9-5-4-6-10-22)24-19-23(14-13-21(24)2)41(36,37)33-15-17-38-18-16-33/h4-14,19H,3,15-18,20H2,1-2H3,(H,30,35). The molecule has 1 fully saturated rings. The van der Waals surface area contributed by atoms with Gasteiger partial charge < -0.3 is 14.8 Å². The van der Waals surface area contributed by atoms with Crippen LogP contribution in [0.3, 0.4) is 0 Å². The maximum atomic E-state index is 13.4. The van der Waals surface area contributed by atoms with E-state index in [0.29, 0.717) is 60.9 Å². The first-order valence-electron chi connectivity index (χ1n) is 13.2. The number of thioether (sulfide) groups is 1. The topological polar surface area (TPSA) is 116 Å². The number of carbonyl (C=O) groups excluding carboxylic acids is 1. The summed E-state index contributed by atoms with van der Waals surface area (Å²) in [6, 6.07) is 21.9. The van der Waals surface area contributed by atoms with Gasteiger partial charge in [-0.25, -0.2) is 8.42 Å². The highest BCUT2D eigenvalue weighted by Crippen LogP contribution is 2.32. The zero-order valence-electron chi connectivity index (χ0n) is 22.8. The highest BCUT2D eigenvalue weighted by atomic mass is 32.2. The van der Waals surface area contributed by atoms with Crippen LogP contribution in [0, 0.1) is 6.92 Å². The van der Waals surface area contributed by atoms with Crippen LogP contribution >= 0.6 is 11.8 Å². The molecule has 4 aromatic rings. The molecule has 0 bridgehead atoms. The summed E-state index contributed by atoms with van der Waals surface area (Å²) < 4.78 is 41.0. The summed E-state index contributed by atoms with van der Waals surface area (Å²) in [6.07, 6.45) is 0. The van der Waals surface area contributed by atoms with Crippen molar-refractivity contribution in [2.75, 3.05) is 44.0 Å². The Bertz CT molecular complexity index is 1620. The van der Waals surface area contributed by atoms with Crippen molar-refractivity contribution in [1.29, 1.82) is 0 Å². The summed E-state index contributed by atoms with van der Waals surface area (Å²) in [5, 5.41) is 12.3. The van der Waals surface area contributed by atoms with Crippen molar-refractivity contribution >= 4 is 33.4 Å². The first-order chi connectivity index (χ1) is 19.9. The number of hydrogen-bond donors (Lipinski definition) is 1. The molecular formula is C29H31N5O5S2. The fourth-order valence-electron chi connectivity index (χ4n) is 4.45. The zero-order valence-corrected chi connectivity index (χ0v) is 24.5. The van der Waals surface area contributed by atoms with Crippen LogP contribution in [0.5, 0.6) is 5.75 Å². The highest BCUT2D eigenvalue weighted by molar-refractivity contribution is 7.99. The third-order valence-electron chi connectivity index (χ3n) is 6.50. The lowest BCUT2D eigenvalue weighted by atomic mass is 10.1. The number of morpholine rings is 1. The number of sulfonamides is 1. The van der Waals surface area contributed by atoms with E-state index in [0.717, 1.165) is 11.3 Å². The second kappa shape index (κ2) is 12.9. The van der Waals surface area contributed by atoms with E-state index in [1.165, 1.54) is 16.1 Å². The summed E-state index contributed by atoms with van der Waals surface area (Å²) in [7, 11) is -3.71. The summed E-state index contributed by atoms with van der Waals surface area (Å²) in [4.78, 5) is 13.1. The van der Waals surface area contributed by atoms with E-state index in [2.05, 4.69) is 15.5 Å². The van der Waals surface area contributed by atoms with E-state index < -0.39 is 10.0 Å². The van der Waals surface area contributed by atoms with Gasteiger partial charge in [-0.3, -0.25) is 9.36 Å². The normalized spacial score (nSPS) is 14.1. The van der Waals surface area contributed by atoms with Crippen molar-refractivity contribution in [3.05, 3.63) is 78.4 Å². The Balaban J connectivity index is 1.45. The predicted octanol–water partition coefficient (Wildman–Crippen LogP) is 4.39. The molecule has 41 heavy (non-hydrogen) atoms. The Kier molecular flexibility index (Phi) is 9.03. The van der Waals surface area contributed by atoms with Gasteiger partial charge in [-0.15, -0.1) is 10.2 Å². The third kappa shape index (κ3) is 6.46. The summed E-state index contributed by atoms with van der Waals surface area (Å²) in [5.41, 5.74) is 2.87. The average molecular weight is 594 g/mol. The van der Waals surface area contributed by atoms with Gasteiger partial charge in [-0.1, -0.05) is 48.2 Å². The number of rotatable bonds is 10. The lowest BCUT2D eigenvalue weighted by Crippen LogP contribution is -2.40. The number of aryl methyl sites for hydroxylation is 1. The fraction of sp³-hybridized carbons (Fsp3) is 0.276. The molecule has 0 unspecified atom stereocenters. The number of hydrogen-bond acceptors (Lipinski definition) is 8. The molecule has 0 aliphatic carbocycles. The summed E-state index contributed by atoms with van der Waals surface area (Å²) in [6.45, 7) is 5.63. The number of amides is 1. The van der Waals surface area contributed by atoms with Crippen molar-refractivity contribution < 1.29 is 22.7 Å². The average Bonchev–Trinajstić information content (AvgIpc) is 3.42. The van der Waals surface area contributed by atoms with Crippen LogP contribution in [0.25, 0.3) is 17.1 Å². The van der Waals surface area contributed by atoms with Gasteiger partial charge in [0.15, 0.2) is 11.0 Å². The van der Waals surface area contributed by atoms with E-state index >= 15 is 0 Å². The SMILES string of the molecule is CCOc1ccccc1NC(=O)CSc1nnc(-c2cc(S(=O)(=O)N3CCOCC3)ccc2C)n1-c1ccccc1. The minimum atomic E-state index is -3.71. The number of anilines is 1. The molecule has 0 spiro atoms. The Labute approximate surface area is 243 Å². The number of nitrogens with one attached hydrogen (secondary N) is 1. The monoisotopic (exact) mass is 593 g/mol. The molecule has 1 aromatic heterocycles. The Hall–Kier alpha value is -3.71. The maximum Gasteiger partial charge on any atom is 0.243 e. The number of carbonyl (C=O) groups is 1. The van der Waals surface area contributed by atoms with Crippen molar-refractivity contribution in [3.63, 3.8) is 0 Å². The smallest absolute Gasteiger partial charge is 0.243 e. The van der Waals surface area contributed by atoms with Crippen LogP contribution in [-0.4, -0.2) is 72.1 Å². The first-order valence-corrected chi connectivity index (χ1v) is 15.6. The lowest BCUT2D eigenvalue weighted by molar-refractivity contribution is -0.113. The van der Waals surface area contributed by atoms with Gasteiger partial charge in [0.05, 0.1) is 36.2 Å². The van der Waals surface area contributed by atoms with Crippen LogP contribution in [-0.2, 0) is 19.6 Å². The van der Waals surface area contributed by atoms with Crippen LogP contribution in [0.15, 0.2) is 82.8 Å². The lowest BCUT2D eigenvalue weighted by Gasteiger charge is -2.26. The summed E-state index contributed by atoms with van der Waals surface area (Å²) >= 11 is 1.24. The quantitative estimate of drug-likeness (QED) is 0.269.